The number of para-hydroxylation sites is 1. The first-order valence-electron chi connectivity index (χ1n) is 9.06. The highest BCUT2D eigenvalue weighted by atomic mass is 19.4. The molecule has 0 saturated heterocycles. The number of fused-ring (bicyclic) bond motifs is 1. The number of amides is 1. The third-order valence-corrected chi connectivity index (χ3v) is 4.81. The highest BCUT2D eigenvalue weighted by molar-refractivity contribution is 6.06. The molecule has 144 valence electrons. The lowest BCUT2D eigenvalue weighted by Gasteiger charge is -2.12. The lowest BCUT2D eigenvalue weighted by Crippen LogP contribution is -2.14. The maximum absolute atomic E-state index is 12.9. The Morgan fingerprint density at radius 2 is 1.89 bits per heavy atom. The second-order valence-electron chi connectivity index (χ2n) is 6.77. The van der Waals surface area contributed by atoms with Crippen LogP contribution in [0.1, 0.15) is 34.6 Å². The molecule has 0 bridgehead atoms. The second kappa shape index (κ2) is 7.14. The maximum Gasteiger partial charge on any atom is 0.416 e. The number of aromatic nitrogens is 2. The standard InChI is InChI=1S/C21H18F3N3O/c22-21(23,24)15-7-5-6-14(12-15)20(28)26-17-9-2-1-8-16(17)18-13-27-11-4-3-10-19(27)25-18/h1-2,5-9,12-13H,3-4,10-11H2,(H,26,28). The smallest absolute Gasteiger partial charge is 0.334 e. The van der Waals surface area contributed by atoms with Crippen molar-refractivity contribution in [2.24, 2.45) is 0 Å². The van der Waals surface area contributed by atoms with Gasteiger partial charge in [-0.15, -0.1) is 0 Å². The Balaban J connectivity index is 1.63. The zero-order valence-electron chi connectivity index (χ0n) is 15.0. The number of alkyl halides is 3. The number of nitrogens with zero attached hydrogens (tertiary/aromatic N) is 2. The number of benzene rings is 2. The van der Waals surface area contributed by atoms with Crippen LogP contribution in [0.4, 0.5) is 18.9 Å². The van der Waals surface area contributed by atoms with Gasteiger partial charge in [0.25, 0.3) is 5.91 Å². The van der Waals surface area contributed by atoms with Gasteiger partial charge < -0.3 is 9.88 Å². The average Bonchev–Trinajstić information content (AvgIpc) is 3.12. The number of anilines is 1. The zero-order valence-corrected chi connectivity index (χ0v) is 15.0. The minimum absolute atomic E-state index is 0.0474. The van der Waals surface area contributed by atoms with Gasteiger partial charge >= 0.3 is 6.18 Å². The average molecular weight is 385 g/mol. The van der Waals surface area contributed by atoms with Crippen molar-refractivity contribution in [3.8, 4) is 11.3 Å². The first kappa shape index (κ1) is 18.3. The molecule has 0 aliphatic carbocycles. The SMILES string of the molecule is O=C(Nc1ccccc1-c1cn2c(n1)CCCC2)c1cccc(C(F)(F)F)c1. The summed E-state index contributed by atoms with van der Waals surface area (Å²) in [7, 11) is 0. The van der Waals surface area contributed by atoms with Crippen molar-refractivity contribution in [1.29, 1.82) is 0 Å². The van der Waals surface area contributed by atoms with Gasteiger partial charge in [-0.25, -0.2) is 4.98 Å². The lowest BCUT2D eigenvalue weighted by molar-refractivity contribution is -0.137. The van der Waals surface area contributed by atoms with Crippen LogP contribution in [0.5, 0.6) is 0 Å². The summed E-state index contributed by atoms with van der Waals surface area (Å²) >= 11 is 0. The van der Waals surface area contributed by atoms with Gasteiger partial charge in [0.05, 0.1) is 16.9 Å². The van der Waals surface area contributed by atoms with E-state index in [1.165, 1.54) is 12.1 Å². The molecule has 0 saturated carbocycles. The van der Waals surface area contributed by atoms with Crippen LogP contribution < -0.4 is 5.32 Å². The van der Waals surface area contributed by atoms with Crippen LogP contribution >= 0.6 is 0 Å². The molecule has 1 aromatic heterocycles. The molecule has 0 spiro atoms. The number of aryl methyl sites for hydroxylation is 2. The molecule has 4 rings (SSSR count). The summed E-state index contributed by atoms with van der Waals surface area (Å²) in [5, 5.41) is 2.73. The molecular formula is C21H18F3N3O. The fourth-order valence-electron chi connectivity index (χ4n) is 3.39. The van der Waals surface area contributed by atoms with E-state index in [0.29, 0.717) is 5.69 Å². The minimum Gasteiger partial charge on any atom is -0.334 e. The fourth-order valence-corrected chi connectivity index (χ4v) is 3.39. The lowest BCUT2D eigenvalue weighted by atomic mass is 10.1. The van der Waals surface area contributed by atoms with E-state index in [2.05, 4.69) is 14.9 Å². The number of nitrogens with one attached hydrogen (secondary N) is 1. The Hall–Kier alpha value is -3.09. The zero-order chi connectivity index (χ0) is 19.7. The van der Waals surface area contributed by atoms with E-state index in [0.717, 1.165) is 55.0 Å². The molecule has 1 aliphatic rings. The van der Waals surface area contributed by atoms with Crippen LogP contribution in [0, 0.1) is 0 Å². The molecule has 1 aliphatic heterocycles. The van der Waals surface area contributed by atoms with Gasteiger partial charge in [-0.3, -0.25) is 4.79 Å². The summed E-state index contributed by atoms with van der Waals surface area (Å²) in [5.41, 5.74) is 1.10. The van der Waals surface area contributed by atoms with Crippen molar-refractivity contribution in [2.75, 3.05) is 5.32 Å². The van der Waals surface area contributed by atoms with Gasteiger partial charge in [-0.1, -0.05) is 24.3 Å². The van der Waals surface area contributed by atoms with Crippen LogP contribution in [0.2, 0.25) is 0 Å². The van der Waals surface area contributed by atoms with Crippen molar-refractivity contribution in [3.63, 3.8) is 0 Å². The third kappa shape index (κ3) is 3.65. The topological polar surface area (TPSA) is 46.9 Å². The molecule has 0 radical (unpaired) electrons. The quantitative estimate of drug-likeness (QED) is 0.677. The van der Waals surface area contributed by atoms with E-state index >= 15 is 0 Å². The Bertz CT molecular complexity index is 1000. The number of hydrogen-bond donors (Lipinski definition) is 1. The number of carbonyl (C=O) groups is 1. The summed E-state index contributed by atoms with van der Waals surface area (Å²) in [4.78, 5) is 17.2. The molecule has 3 aromatic rings. The van der Waals surface area contributed by atoms with Crippen molar-refractivity contribution >= 4 is 11.6 Å². The van der Waals surface area contributed by atoms with Gasteiger partial charge in [-0.2, -0.15) is 13.2 Å². The number of carbonyl (C=O) groups excluding carboxylic acids is 1. The van der Waals surface area contributed by atoms with E-state index in [1.54, 1.807) is 12.1 Å². The predicted molar refractivity (Wildman–Crippen MR) is 100.0 cm³/mol. The third-order valence-electron chi connectivity index (χ3n) is 4.81. The largest absolute Gasteiger partial charge is 0.416 e. The summed E-state index contributed by atoms with van der Waals surface area (Å²) in [6.07, 6.45) is 0.591. The Morgan fingerprint density at radius 1 is 1.07 bits per heavy atom. The van der Waals surface area contributed by atoms with Gasteiger partial charge in [0.15, 0.2) is 0 Å². The van der Waals surface area contributed by atoms with Crippen LogP contribution in [0.25, 0.3) is 11.3 Å². The highest BCUT2D eigenvalue weighted by Crippen LogP contribution is 2.31. The summed E-state index contributed by atoms with van der Waals surface area (Å²) in [6.45, 7) is 0.918. The van der Waals surface area contributed by atoms with Gasteiger partial charge in [-0.05, 0) is 37.1 Å². The van der Waals surface area contributed by atoms with Crippen molar-refractivity contribution in [2.45, 2.75) is 32.0 Å². The van der Waals surface area contributed by atoms with E-state index in [9.17, 15) is 18.0 Å². The predicted octanol–water partition coefficient (Wildman–Crippen LogP) is 5.16. The first-order chi connectivity index (χ1) is 13.4. The number of rotatable bonds is 3. The molecule has 2 aromatic carbocycles. The fraction of sp³-hybridized carbons (Fsp3) is 0.238. The van der Waals surface area contributed by atoms with E-state index in [1.807, 2.05) is 18.3 Å². The first-order valence-corrected chi connectivity index (χ1v) is 9.06. The molecule has 0 unspecified atom stereocenters. The number of hydrogen-bond acceptors (Lipinski definition) is 2. The summed E-state index contributed by atoms with van der Waals surface area (Å²) < 4.78 is 40.9. The van der Waals surface area contributed by atoms with E-state index in [-0.39, 0.29) is 5.56 Å². The Kier molecular flexibility index (Phi) is 4.66. The van der Waals surface area contributed by atoms with Gasteiger partial charge in [0.2, 0.25) is 0 Å². The maximum atomic E-state index is 12.9. The summed E-state index contributed by atoms with van der Waals surface area (Å²) in [6, 6.07) is 11.6. The van der Waals surface area contributed by atoms with Crippen LogP contribution in [-0.4, -0.2) is 15.5 Å². The molecule has 4 nitrogen and oxygen atoms in total. The molecule has 7 heteroatoms. The van der Waals surface area contributed by atoms with Crippen molar-refractivity contribution in [3.05, 3.63) is 71.7 Å². The van der Waals surface area contributed by atoms with Crippen molar-refractivity contribution < 1.29 is 18.0 Å². The monoisotopic (exact) mass is 385 g/mol. The van der Waals surface area contributed by atoms with Crippen LogP contribution in [0.3, 0.4) is 0 Å². The van der Waals surface area contributed by atoms with E-state index < -0.39 is 17.6 Å². The van der Waals surface area contributed by atoms with Gasteiger partial charge in [0, 0.05) is 30.3 Å². The summed E-state index contributed by atoms with van der Waals surface area (Å²) in [5.74, 6) is 0.419. The molecule has 28 heavy (non-hydrogen) atoms. The van der Waals surface area contributed by atoms with E-state index in [4.69, 9.17) is 0 Å². The molecule has 1 N–H and O–H groups in total. The normalized spacial score (nSPS) is 13.8. The number of imidazole rings is 1. The molecular weight excluding hydrogens is 367 g/mol. The van der Waals surface area contributed by atoms with Crippen molar-refractivity contribution in [1.82, 2.24) is 9.55 Å². The Labute approximate surface area is 160 Å². The second-order valence-corrected chi connectivity index (χ2v) is 6.77. The Morgan fingerprint density at radius 3 is 2.68 bits per heavy atom. The molecule has 2 heterocycles. The molecule has 1 amide bonds. The van der Waals surface area contributed by atoms with Crippen LogP contribution in [0.15, 0.2) is 54.7 Å². The highest BCUT2D eigenvalue weighted by Gasteiger charge is 2.31. The number of halogens is 3. The molecule has 0 fully saturated rings. The molecule has 0 atom stereocenters. The van der Waals surface area contributed by atoms with Crippen LogP contribution in [-0.2, 0) is 19.1 Å². The van der Waals surface area contributed by atoms with Gasteiger partial charge in [0.1, 0.15) is 5.82 Å². The minimum atomic E-state index is -4.50.